The maximum absolute atomic E-state index is 11.9. The lowest BCUT2D eigenvalue weighted by molar-refractivity contribution is 0.174. The first-order valence-electron chi connectivity index (χ1n) is 5.18. The van der Waals surface area contributed by atoms with Crippen LogP contribution in [0, 0.1) is 0 Å². The standard InChI is InChI=1S/C12H9NO4S/c1-2-18(14,15)12-9-6-11-10(16-7-17-11)5-8(9)3-4-13-12/h2-6H,1,7H2. The van der Waals surface area contributed by atoms with E-state index in [2.05, 4.69) is 11.6 Å². The predicted molar refractivity (Wildman–Crippen MR) is 65.2 cm³/mol. The summed E-state index contributed by atoms with van der Waals surface area (Å²) in [5.41, 5.74) is 0. The molecule has 1 aliphatic rings. The topological polar surface area (TPSA) is 65.5 Å². The number of hydrogen-bond acceptors (Lipinski definition) is 5. The first kappa shape index (κ1) is 11.0. The van der Waals surface area contributed by atoms with Crippen LogP contribution in [0.5, 0.6) is 11.5 Å². The van der Waals surface area contributed by atoms with E-state index in [0.717, 1.165) is 10.8 Å². The highest BCUT2D eigenvalue weighted by Crippen LogP contribution is 2.37. The molecule has 3 rings (SSSR count). The Morgan fingerprint density at radius 2 is 2.00 bits per heavy atom. The molecule has 0 fully saturated rings. The molecule has 1 aliphatic heterocycles. The van der Waals surface area contributed by atoms with Crippen molar-refractivity contribution < 1.29 is 17.9 Å². The Kier molecular flexibility index (Phi) is 2.27. The van der Waals surface area contributed by atoms with E-state index in [1.165, 1.54) is 6.20 Å². The van der Waals surface area contributed by atoms with Gasteiger partial charge in [-0.05, 0) is 23.6 Å². The van der Waals surface area contributed by atoms with Crippen molar-refractivity contribution in [3.63, 3.8) is 0 Å². The molecule has 0 aliphatic carbocycles. The van der Waals surface area contributed by atoms with Gasteiger partial charge in [-0.2, -0.15) is 0 Å². The Morgan fingerprint density at radius 3 is 2.72 bits per heavy atom. The monoisotopic (exact) mass is 263 g/mol. The Bertz CT molecular complexity index is 752. The molecule has 2 aromatic rings. The minimum atomic E-state index is -3.59. The molecule has 1 aromatic carbocycles. The van der Waals surface area contributed by atoms with Crippen LogP contribution < -0.4 is 9.47 Å². The molecule has 2 heterocycles. The second-order valence-corrected chi connectivity index (χ2v) is 5.56. The van der Waals surface area contributed by atoms with Crippen LogP contribution in [0.25, 0.3) is 10.8 Å². The van der Waals surface area contributed by atoms with Gasteiger partial charge >= 0.3 is 0 Å². The third-order valence-corrected chi connectivity index (χ3v) is 4.01. The predicted octanol–water partition coefficient (Wildman–Crippen LogP) is 1.88. The second-order valence-electron chi connectivity index (χ2n) is 3.75. The van der Waals surface area contributed by atoms with E-state index >= 15 is 0 Å². The summed E-state index contributed by atoms with van der Waals surface area (Å²) in [5.74, 6) is 1.13. The number of hydrogen-bond donors (Lipinski definition) is 0. The van der Waals surface area contributed by atoms with Gasteiger partial charge in [0.05, 0.1) is 0 Å². The molecule has 0 spiro atoms. The summed E-state index contributed by atoms with van der Waals surface area (Å²) in [7, 11) is -3.59. The van der Waals surface area contributed by atoms with E-state index in [0.29, 0.717) is 16.9 Å². The lowest BCUT2D eigenvalue weighted by atomic mass is 10.1. The highest BCUT2D eigenvalue weighted by molar-refractivity contribution is 7.94. The van der Waals surface area contributed by atoms with Crippen LogP contribution in [-0.4, -0.2) is 20.2 Å². The van der Waals surface area contributed by atoms with Gasteiger partial charge in [0.15, 0.2) is 16.5 Å². The van der Waals surface area contributed by atoms with Gasteiger partial charge in [0.2, 0.25) is 16.6 Å². The van der Waals surface area contributed by atoms with Gasteiger partial charge in [0.1, 0.15) is 0 Å². The van der Waals surface area contributed by atoms with Crippen molar-refractivity contribution in [3.05, 3.63) is 36.4 Å². The van der Waals surface area contributed by atoms with E-state index in [-0.39, 0.29) is 11.8 Å². The average Bonchev–Trinajstić information content (AvgIpc) is 2.82. The van der Waals surface area contributed by atoms with Gasteiger partial charge in [-0.1, -0.05) is 6.58 Å². The SMILES string of the molecule is C=CS(=O)(=O)c1nccc2cc3c(cc12)OCO3. The maximum atomic E-state index is 11.9. The molecule has 0 radical (unpaired) electrons. The van der Waals surface area contributed by atoms with Gasteiger partial charge in [0, 0.05) is 17.0 Å². The van der Waals surface area contributed by atoms with Crippen molar-refractivity contribution >= 4 is 20.6 Å². The van der Waals surface area contributed by atoms with Gasteiger partial charge in [0.25, 0.3) is 0 Å². The third-order valence-electron chi connectivity index (χ3n) is 2.71. The van der Waals surface area contributed by atoms with Crippen LogP contribution in [-0.2, 0) is 9.84 Å². The summed E-state index contributed by atoms with van der Waals surface area (Å²) in [4.78, 5) is 3.92. The quantitative estimate of drug-likeness (QED) is 0.827. The minimum absolute atomic E-state index is 0.0201. The summed E-state index contributed by atoms with van der Waals surface area (Å²) in [6.07, 6.45) is 1.45. The van der Waals surface area contributed by atoms with E-state index in [9.17, 15) is 8.42 Å². The van der Waals surface area contributed by atoms with Crippen molar-refractivity contribution in [2.24, 2.45) is 0 Å². The lowest BCUT2D eigenvalue weighted by Crippen LogP contribution is -2.00. The van der Waals surface area contributed by atoms with E-state index in [4.69, 9.17) is 9.47 Å². The fourth-order valence-corrected chi connectivity index (χ4v) is 2.69. The molecule has 0 N–H and O–H groups in total. The van der Waals surface area contributed by atoms with Crippen LogP contribution in [0.4, 0.5) is 0 Å². The number of aromatic nitrogens is 1. The Hall–Kier alpha value is -2.08. The highest BCUT2D eigenvalue weighted by Gasteiger charge is 2.20. The number of benzene rings is 1. The van der Waals surface area contributed by atoms with Crippen molar-refractivity contribution in [2.75, 3.05) is 6.79 Å². The number of rotatable bonds is 2. The second kappa shape index (κ2) is 3.71. The fourth-order valence-electron chi connectivity index (χ4n) is 1.84. The Morgan fingerprint density at radius 1 is 1.28 bits per heavy atom. The molecule has 0 saturated carbocycles. The zero-order chi connectivity index (χ0) is 12.8. The van der Waals surface area contributed by atoms with Gasteiger partial charge in [-0.25, -0.2) is 13.4 Å². The Labute approximate surface area is 104 Å². The summed E-state index contributed by atoms with van der Waals surface area (Å²) in [6.45, 7) is 3.45. The van der Waals surface area contributed by atoms with Crippen LogP contribution in [0.1, 0.15) is 0 Å². The first-order chi connectivity index (χ1) is 8.62. The number of fused-ring (bicyclic) bond motifs is 2. The summed E-state index contributed by atoms with van der Waals surface area (Å²) < 4.78 is 34.2. The molecular formula is C12H9NO4S. The fraction of sp³-hybridized carbons (Fsp3) is 0.0833. The van der Waals surface area contributed by atoms with Crippen LogP contribution in [0.2, 0.25) is 0 Å². The molecule has 1 aromatic heterocycles. The highest BCUT2D eigenvalue weighted by atomic mass is 32.2. The largest absolute Gasteiger partial charge is 0.454 e. The molecule has 0 atom stereocenters. The maximum Gasteiger partial charge on any atom is 0.231 e. The number of sulfone groups is 1. The number of pyridine rings is 1. The molecule has 0 unspecified atom stereocenters. The zero-order valence-corrected chi connectivity index (χ0v) is 10.1. The minimum Gasteiger partial charge on any atom is -0.454 e. The van der Waals surface area contributed by atoms with Crippen molar-refractivity contribution in [2.45, 2.75) is 5.03 Å². The average molecular weight is 263 g/mol. The van der Waals surface area contributed by atoms with Crippen molar-refractivity contribution in [3.8, 4) is 11.5 Å². The summed E-state index contributed by atoms with van der Waals surface area (Å²) in [6, 6.07) is 5.09. The van der Waals surface area contributed by atoms with Crippen LogP contribution in [0.15, 0.2) is 41.4 Å². The molecule has 92 valence electrons. The summed E-state index contributed by atoms with van der Waals surface area (Å²) in [5, 5.41) is 2.10. The van der Waals surface area contributed by atoms with Crippen LogP contribution >= 0.6 is 0 Å². The number of ether oxygens (including phenoxy) is 2. The van der Waals surface area contributed by atoms with Gasteiger partial charge in [-0.3, -0.25) is 0 Å². The van der Waals surface area contributed by atoms with E-state index in [1.807, 2.05) is 0 Å². The number of nitrogens with zero attached hydrogens (tertiary/aromatic N) is 1. The third kappa shape index (κ3) is 1.53. The normalized spacial score (nSPS) is 13.8. The van der Waals surface area contributed by atoms with E-state index < -0.39 is 9.84 Å². The zero-order valence-electron chi connectivity index (χ0n) is 9.29. The smallest absolute Gasteiger partial charge is 0.231 e. The molecule has 0 amide bonds. The first-order valence-corrected chi connectivity index (χ1v) is 6.72. The van der Waals surface area contributed by atoms with Crippen molar-refractivity contribution in [1.29, 1.82) is 0 Å². The van der Waals surface area contributed by atoms with Gasteiger partial charge < -0.3 is 9.47 Å². The molecule has 5 nitrogen and oxygen atoms in total. The van der Waals surface area contributed by atoms with Gasteiger partial charge in [-0.15, -0.1) is 0 Å². The molecule has 6 heteroatoms. The van der Waals surface area contributed by atoms with E-state index in [1.54, 1.807) is 18.2 Å². The lowest BCUT2D eigenvalue weighted by Gasteiger charge is -2.05. The summed E-state index contributed by atoms with van der Waals surface area (Å²) >= 11 is 0. The molecular weight excluding hydrogens is 254 g/mol. The Balaban J connectivity index is 2.38. The molecule has 18 heavy (non-hydrogen) atoms. The van der Waals surface area contributed by atoms with Crippen LogP contribution in [0.3, 0.4) is 0 Å². The molecule has 0 bridgehead atoms. The van der Waals surface area contributed by atoms with Crippen molar-refractivity contribution in [1.82, 2.24) is 4.98 Å². The molecule has 0 saturated heterocycles.